The second-order valence-electron chi connectivity index (χ2n) is 5.92. The van der Waals surface area contributed by atoms with Gasteiger partial charge < -0.3 is 15.5 Å². The standard InChI is InChI=1S/C16H23F2N3O3S.ClH/c17-16(18)25(23,24)14-4-2-13(3-5-14)12-15(22)20-6-1-9-21-10-7-19-8-11-21;/h2-5,16,19H,1,6-12H2,(H,20,22);1H. The fourth-order valence-corrected chi connectivity index (χ4v) is 3.33. The predicted molar refractivity (Wildman–Crippen MR) is 97.5 cm³/mol. The maximum Gasteiger partial charge on any atom is 0.341 e. The lowest BCUT2D eigenvalue weighted by molar-refractivity contribution is -0.120. The molecule has 2 N–H and O–H groups in total. The van der Waals surface area contributed by atoms with Crippen molar-refractivity contribution >= 4 is 28.2 Å². The van der Waals surface area contributed by atoms with Crippen LogP contribution < -0.4 is 10.6 Å². The molecule has 0 unspecified atom stereocenters. The van der Waals surface area contributed by atoms with Gasteiger partial charge in [0.05, 0.1) is 11.3 Å². The van der Waals surface area contributed by atoms with Crippen molar-refractivity contribution in [1.29, 1.82) is 0 Å². The minimum atomic E-state index is -4.59. The van der Waals surface area contributed by atoms with Gasteiger partial charge in [-0.3, -0.25) is 4.79 Å². The molecule has 0 aliphatic carbocycles. The fourth-order valence-electron chi connectivity index (χ4n) is 2.61. The molecule has 1 aromatic carbocycles. The summed E-state index contributed by atoms with van der Waals surface area (Å²) in [4.78, 5) is 13.8. The lowest BCUT2D eigenvalue weighted by Crippen LogP contribution is -2.44. The Balaban J connectivity index is 0.00000338. The molecule has 10 heteroatoms. The number of benzene rings is 1. The van der Waals surface area contributed by atoms with E-state index >= 15 is 0 Å². The number of sulfone groups is 1. The van der Waals surface area contributed by atoms with Crippen LogP contribution in [0.15, 0.2) is 29.2 Å². The SMILES string of the molecule is Cl.O=C(Cc1ccc(S(=O)(=O)C(F)F)cc1)NCCCN1CCNCC1. The summed E-state index contributed by atoms with van der Waals surface area (Å²) in [6, 6.07) is 4.98. The highest BCUT2D eigenvalue weighted by atomic mass is 35.5. The third-order valence-corrected chi connectivity index (χ3v) is 5.43. The summed E-state index contributed by atoms with van der Waals surface area (Å²) in [5.74, 6) is -3.62. The number of alkyl halides is 2. The van der Waals surface area contributed by atoms with Crippen molar-refractivity contribution in [3.05, 3.63) is 29.8 Å². The van der Waals surface area contributed by atoms with Crippen molar-refractivity contribution in [3.63, 3.8) is 0 Å². The normalized spacial score (nSPS) is 15.5. The molecule has 1 amide bonds. The maximum absolute atomic E-state index is 12.5. The van der Waals surface area contributed by atoms with Gasteiger partial charge in [0.1, 0.15) is 0 Å². The lowest BCUT2D eigenvalue weighted by Gasteiger charge is -2.27. The zero-order valence-electron chi connectivity index (χ0n) is 14.3. The van der Waals surface area contributed by atoms with Crippen LogP contribution in [-0.2, 0) is 21.1 Å². The zero-order valence-corrected chi connectivity index (χ0v) is 15.9. The van der Waals surface area contributed by atoms with E-state index in [0.717, 1.165) is 51.3 Å². The van der Waals surface area contributed by atoms with Crippen LogP contribution in [0.5, 0.6) is 0 Å². The molecule has 0 radical (unpaired) electrons. The van der Waals surface area contributed by atoms with E-state index in [-0.39, 0.29) is 24.7 Å². The van der Waals surface area contributed by atoms with Crippen molar-refractivity contribution in [2.45, 2.75) is 23.5 Å². The molecule has 0 spiro atoms. The highest BCUT2D eigenvalue weighted by Gasteiger charge is 2.26. The average molecular weight is 412 g/mol. The quantitative estimate of drug-likeness (QED) is 0.625. The highest BCUT2D eigenvalue weighted by molar-refractivity contribution is 7.91. The number of carbonyl (C=O) groups excluding carboxylic acids is 1. The Kier molecular flexibility index (Phi) is 9.42. The molecule has 1 heterocycles. The van der Waals surface area contributed by atoms with E-state index in [1.807, 2.05) is 0 Å². The van der Waals surface area contributed by atoms with Crippen LogP contribution in [0.1, 0.15) is 12.0 Å². The van der Waals surface area contributed by atoms with Gasteiger partial charge in [0.2, 0.25) is 15.7 Å². The van der Waals surface area contributed by atoms with Crippen LogP contribution in [0.4, 0.5) is 8.78 Å². The Morgan fingerprint density at radius 1 is 1.19 bits per heavy atom. The number of hydrogen-bond donors (Lipinski definition) is 2. The van der Waals surface area contributed by atoms with Crippen molar-refractivity contribution in [3.8, 4) is 0 Å². The fraction of sp³-hybridized carbons (Fsp3) is 0.562. The average Bonchev–Trinajstić information content (AvgIpc) is 2.60. The van der Waals surface area contributed by atoms with Gasteiger partial charge in [-0.2, -0.15) is 8.78 Å². The van der Waals surface area contributed by atoms with E-state index in [2.05, 4.69) is 15.5 Å². The molecule has 1 aliphatic heterocycles. The molecule has 0 aromatic heterocycles. The number of halogens is 3. The summed E-state index contributed by atoms with van der Waals surface area (Å²) >= 11 is 0. The first-order valence-corrected chi connectivity index (χ1v) is 9.75. The molecular formula is C16H24ClF2N3O3S. The second-order valence-corrected chi connectivity index (χ2v) is 7.84. The first-order valence-electron chi connectivity index (χ1n) is 8.20. The molecule has 1 aromatic rings. The van der Waals surface area contributed by atoms with Crippen molar-refractivity contribution < 1.29 is 22.0 Å². The third kappa shape index (κ3) is 6.79. The number of amides is 1. The van der Waals surface area contributed by atoms with E-state index in [0.29, 0.717) is 12.1 Å². The number of piperazine rings is 1. The Hall–Kier alpha value is -1.29. The zero-order chi connectivity index (χ0) is 18.3. The smallest absolute Gasteiger partial charge is 0.341 e. The minimum absolute atomic E-state index is 0. The Morgan fingerprint density at radius 2 is 1.81 bits per heavy atom. The van der Waals surface area contributed by atoms with E-state index in [9.17, 15) is 22.0 Å². The summed E-state index contributed by atoms with van der Waals surface area (Å²) < 4.78 is 47.6. The lowest BCUT2D eigenvalue weighted by atomic mass is 10.1. The van der Waals surface area contributed by atoms with Gasteiger partial charge in [-0.1, -0.05) is 12.1 Å². The molecule has 26 heavy (non-hydrogen) atoms. The molecule has 0 bridgehead atoms. The van der Waals surface area contributed by atoms with Crippen LogP contribution in [0.25, 0.3) is 0 Å². The largest absolute Gasteiger partial charge is 0.356 e. The van der Waals surface area contributed by atoms with Gasteiger partial charge >= 0.3 is 5.76 Å². The van der Waals surface area contributed by atoms with Gasteiger partial charge in [-0.05, 0) is 30.7 Å². The molecule has 2 rings (SSSR count). The topological polar surface area (TPSA) is 78.5 Å². The van der Waals surface area contributed by atoms with Crippen LogP contribution in [0.2, 0.25) is 0 Å². The van der Waals surface area contributed by atoms with Crippen LogP contribution in [0.3, 0.4) is 0 Å². The molecular weight excluding hydrogens is 388 g/mol. The molecule has 148 valence electrons. The van der Waals surface area contributed by atoms with Crippen molar-refractivity contribution in [1.82, 2.24) is 15.5 Å². The van der Waals surface area contributed by atoms with E-state index in [4.69, 9.17) is 0 Å². The predicted octanol–water partition coefficient (Wildman–Crippen LogP) is 1.06. The molecule has 6 nitrogen and oxygen atoms in total. The summed E-state index contributed by atoms with van der Waals surface area (Å²) in [6.45, 7) is 5.51. The number of nitrogens with zero attached hydrogens (tertiary/aromatic N) is 1. The molecule has 0 saturated carbocycles. The molecule has 1 aliphatic rings. The van der Waals surface area contributed by atoms with Gasteiger partial charge in [-0.25, -0.2) is 8.42 Å². The third-order valence-electron chi connectivity index (χ3n) is 4.03. The minimum Gasteiger partial charge on any atom is -0.356 e. The van der Waals surface area contributed by atoms with Crippen molar-refractivity contribution in [2.75, 3.05) is 39.3 Å². The van der Waals surface area contributed by atoms with Gasteiger partial charge in [0, 0.05) is 32.7 Å². The number of carbonyl (C=O) groups is 1. The van der Waals surface area contributed by atoms with Crippen LogP contribution >= 0.6 is 12.4 Å². The van der Waals surface area contributed by atoms with Crippen molar-refractivity contribution in [2.24, 2.45) is 0 Å². The first kappa shape index (κ1) is 22.8. The summed E-state index contributed by atoms with van der Waals surface area (Å²) in [7, 11) is -4.59. The van der Waals surface area contributed by atoms with E-state index in [1.54, 1.807) is 0 Å². The highest BCUT2D eigenvalue weighted by Crippen LogP contribution is 2.18. The Bertz CT molecular complexity index is 666. The maximum atomic E-state index is 12.5. The monoisotopic (exact) mass is 411 g/mol. The number of hydrogen-bond acceptors (Lipinski definition) is 5. The van der Waals surface area contributed by atoms with Gasteiger partial charge in [0.15, 0.2) is 0 Å². The van der Waals surface area contributed by atoms with E-state index in [1.165, 1.54) is 12.1 Å². The second kappa shape index (κ2) is 10.8. The number of nitrogens with one attached hydrogen (secondary N) is 2. The number of rotatable bonds is 8. The van der Waals surface area contributed by atoms with Gasteiger partial charge in [0.25, 0.3) is 0 Å². The van der Waals surface area contributed by atoms with Crippen LogP contribution in [-0.4, -0.2) is 64.3 Å². The summed E-state index contributed by atoms with van der Waals surface area (Å²) in [6.07, 6.45) is 0.944. The van der Waals surface area contributed by atoms with E-state index < -0.39 is 20.5 Å². The Labute approximate surface area is 158 Å². The molecule has 1 saturated heterocycles. The van der Waals surface area contributed by atoms with Crippen LogP contribution in [0, 0.1) is 0 Å². The van der Waals surface area contributed by atoms with Gasteiger partial charge in [-0.15, -0.1) is 12.4 Å². The molecule has 1 fully saturated rings. The molecule has 0 atom stereocenters. The summed E-state index contributed by atoms with van der Waals surface area (Å²) in [5, 5.41) is 6.09. The summed E-state index contributed by atoms with van der Waals surface area (Å²) in [5.41, 5.74) is 0.577. The Morgan fingerprint density at radius 3 is 2.38 bits per heavy atom. The first-order chi connectivity index (χ1) is 11.9.